The monoisotopic (exact) mass is 462 g/mol. The SMILES string of the molecule is O=C(Nc1cccc(N=Cc2cc(N=Nc3ccccc3Cl)ccc2Cl)c1)c1ccco1. The second-order valence-corrected chi connectivity index (χ2v) is 7.41. The fourth-order valence-electron chi connectivity index (χ4n) is 2.75. The third kappa shape index (κ3) is 5.49. The molecule has 0 aliphatic rings. The number of carbonyl (C=O) groups excluding carboxylic acids is 1. The van der Waals surface area contributed by atoms with Gasteiger partial charge in [-0.2, -0.15) is 5.11 Å². The maximum atomic E-state index is 12.1. The lowest BCUT2D eigenvalue weighted by molar-refractivity contribution is 0.0996. The lowest BCUT2D eigenvalue weighted by Crippen LogP contribution is -2.10. The first-order valence-electron chi connectivity index (χ1n) is 9.53. The van der Waals surface area contributed by atoms with E-state index in [2.05, 4.69) is 20.5 Å². The van der Waals surface area contributed by atoms with Crippen LogP contribution in [-0.4, -0.2) is 12.1 Å². The molecule has 0 atom stereocenters. The van der Waals surface area contributed by atoms with Crippen LogP contribution in [0.4, 0.5) is 22.7 Å². The second kappa shape index (κ2) is 10.0. The molecule has 6 nitrogen and oxygen atoms in total. The highest BCUT2D eigenvalue weighted by Crippen LogP contribution is 2.28. The number of furan rings is 1. The third-order valence-corrected chi connectivity index (χ3v) is 4.97. The first-order valence-corrected chi connectivity index (χ1v) is 10.3. The molecule has 1 heterocycles. The standard InChI is InChI=1S/C24H16Cl2N4O2/c25-20-11-10-19(29-30-22-8-2-1-7-21(22)26)13-16(20)15-27-17-5-3-6-18(14-17)28-24(31)23-9-4-12-32-23/h1-15H,(H,28,31). The molecule has 1 aromatic heterocycles. The Hall–Kier alpha value is -3.74. The number of amides is 1. The van der Waals surface area contributed by atoms with Crippen LogP contribution in [0.2, 0.25) is 10.0 Å². The van der Waals surface area contributed by atoms with E-state index >= 15 is 0 Å². The van der Waals surface area contributed by atoms with Crippen LogP contribution < -0.4 is 5.32 Å². The molecule has 0 fully saturated rings. The van der Waals surface area contributed by atoms with Crippen LogP contribution in [0.5, 0.6) is 0 Å². The zero-order valence-corrected chi connectivity index (χ0v) is 18.1. The Bertz CT molecular complexity index is 1300. The molecule has 0 saturated carbocycles. The van der Waals surface area contributed by atoms with Crippen molar-refractivity contribution < 1.29 is 9.21 Å². The molecule has 0 radical (unpaired) electrons. The maximum absolute atomic E-state index is 12.1. The molecule has 0 aliphatic carbocycles. The van der Waals surface area contributed by atoms with Crippen molar-refractivity contribution in [2.45, 2.75) is 0 Å². The fraction of sp³-hybridized carbons (Fsp3) is 0. The van der Waals surface area contributed by atoms with Gasteiger partial charge < -0.3 is 9.73 Å². The molecule has 32 heavy (non-hydrogen) atoms. The van der Waals surface area contributed by atoms with Crippen molar-refractivity contribution in [3.05, 3.63) is 106 Å². The number of benzene rings is 3. The number of hydrogen-bond acceptors (Lipinski definition) is 5. The van der Waals surface area contributed by atoms with Crippen LogP contribution >= 0.6 is 23.2 Å². The number of nitrogens with one attached hydrogen (secondary N) is 1. The molecule has 0 spiro atoms. The van der Waals surface area contributed by atoms with E-state index in [-0.39, 0.29) is 11.7 Å². The summed E-state index contributed by atoms with van der Waals surface area (Å²) in [4.78, 5) is 16.6. The zero-order chi connectivity index (χ0) is 22.3. The highest BCUT2D eigenvalue weighted by Gasteiger charge is 2.08. The molecular weight excluding hydrogens is 447 g/mol. The average molecular weight is 463 g/mol. The van der Waals surface area contributed by atoms with Crippen LogP contribution in [0.1, 0.15) is 16.1 Å². The minimum Gasteiger partial charge on any atom is -0.459 e. The number of anilines is 1. The van der Waals surface area contributed by atoms with Crippen molar-refractivity contribution in [3.8, 4) is 0 Å². The average Bonchev–Trinajstić information content (AvgIpc) is 3.34. The van der Waals surface area contributed by atoms with E-state index in [9.17, 15) is 4.79 Å². The Morgan fingerprint density at radius 1 is 0.844 bits per heavy atom. The molecule has 8 heteroatoms. The van der Waals surface area contributed by atoms with E-state index in [1.54, 1.807) is 66.9 Å². The number of azo groups is 1. The minimum absolute atomic E-state index is 0.230. The number of halogens is 2. The summed E-state index contributed by atoms with van der Waals surface area (Å²) in [5.74, 6) is -0.107. The Morgan fingerprint density at radius 3 is 2.53 bits per heavy atom. The van der Waals surface area contributed by atoms with Crippen LogP contribution in [0.25, 0.3) is 0 Å². The van der Waals surface area contributed by atoms with Crippen molar-refractivity contribution in [1.29, 1.82) is 0 Å². The van der Waals surface area contributed by atoms with E-state index in [0.717, 1.165) is 0 Å². The van der Waals surface area contributed by atoms with Crippen LogP contribution in [0.3, 0.4) is 0 Å². The molecule has 1 N–H and O–H groups in total. The summed E-state index contributed by atoms with van der Waals surface area (Å²) < 4.78 is 5.10. The molecule has 0 unspecified atom stereocenters. The molecule has 0 aliphatic heterocycles. The number of aliphatic imine (C=N–C) groups is 1. The van der Waals surface area contributed by atoms with Crippen molar-refractivity contribution >= 4 is 58.1 Å². The summed E-state index contributed by atoms with van der Waals surface area (Å²) in [7, 11) is 0. The van der Waals surface area contributed by atoms with E-state index in [1.165, 1.54) is 6.26 Å². The van der Waals surface area contributed by atoms with Gasteiger partial charge in [-0.25, -0.2) is 0 Å². The van der Waals surface area contributed by atoms with Gasteiger partial charge in [0.25, 0.3) is 5.91 Å². The van der Waals surface area contributed by atoms with Crippen LogP contribution in [0.15, 0.2) is 105 Å². The largest absolute Gasteiger partial charge is 0.459 e. The van der Waals surface area contributed by atoms with Crippen molar-refractivity contribution in [3.63, 3.8) is 0 Å². The molecular formula is C24H16Cl2N4O2. The van der Waals surface area contributed by atoms with Gasteiger partial charge >= 0.3 is 0 Å². The summed E-state index contributed by atoms with van der Waals surface area (Å²) in [5.41, 5.74) is 3.09. The van der Waals surface area contributed by atoms with Gasteiger partial charge in [-0.05, 0) is 60.7 Å². The predicted molar refractivity (Wildman–Crippen MR) is 127 cm³/mol. The van der Waals surface area contributed by atoms with Crippen molar-refractivity contribution in [2.75, 3.05) is 5.32 Å². The van der Waals surface area contributed by atoms with Gasteiger partial charge in [-0.1, -0.05) is 41.4 Å². The zero-order valence-electron chi connectivity index (χ0n) is 16.6. The highest BCUT2D eigenvalue weighted by molar-refractivity contribution is 6.33. The maximum Gasteiger partial charge on any atom is 0.291 e. The quantitative estimate of drug-likeness (QED) is 0.232. The Kier molecular flexibility index (Phi) is 6.75. The first-order chi connectivity index (χ1) is 15.6. The summed E-state index contributed by atoms with van der Waals surface area (Å²) in [6.07, 6.45) is 3.08. The van der Waals surface area contributed by atoms with Gasteiger partial charge in [-0.15, -0.1) is 5.11 Å². The van der Waals surface area contributed by atoms with Gasteiger partial charge in [0.15, 0.2) is 5.76 Å². The van der Waals surface area contributed by atoms with Gasteiger partial charge in [0.1, 0.15) is 5.69 Å². The molecule has 158 valence electrons. The molecule has 3 aromatic carbocycles. The fourth-order valence-corrected chi connectivity index (χ4v) is 3.09. The number of nitrogens with zero attached hydrogens (tertiary/aromatic N) is 3. The highest BCUT2D eigenvalue weighted by atomic mass is 35.5. The topological polar surface area (TPSA) is 79.3 Å². The van der Waals surface area contributed by atoms with Gasteiger partial charge in [0.2, 0.25) is 0 Å². The number of rotatable bonds is 6. The Balaban J connectivity index is 1.50. The number of hydrogen-bond donors (Lipinski definition) is 1. The normalized spacial score (nSPS) is 11.3. The summed E-state index contributed by atoms with van der Waals surface area (Å²) >= 11 is 12.4. The number of carbonyl (C=O) groups is 1. The van der Waals surface area contributed by atoms with Crippen LogP contribution in [0, 0.1) is 0 Å². The summed E-state index contributed by atoms with van der Waals surface area (Å²) in [5, 5.41) is 12.2. The summed E-state index contributed by atoms with van der Waals surface area (Å²) in [6.45, 7) is 0. The third-order valence-electron chi connectivity index (χ3n) is 4.31. The molecule has 4 rings (SSSR count). The second-order valence-electron chi connectivity index (χ2n) is 6.60. The lowest BCUT2D eigenvalue weighted by Gasteiger charge is -2.04. The lowest BCUT2D eigenvalue weighted by atomic mass is 10.2. The summed E-state index contributed by atoms with van der Waals surface area (Å²) in [6, 6.07) is 22.8. The minimum atomic E-state index is -0.337. The van der Waals surface area contributed by atoms with E-state index in [4.69, 9.17) is 27.6 Å². The van der Waals surface area contributed by atoms with Crippen LogP contribution in [-0.2, 0) is 0 Å². The molecule has 1 amide bonds. The smallest absolute Gasteiger partial charge is 0.291 e. The first kappa shape index (κ1) is 21.5. The Morgan fingerprint density at radius 2 is 1.72 bits per heavy atom. The molecule has 4 aromatic rings. The Labute approximate surface area is 194 Å². The van der Waals surface area contributed by atoms with Gasteiger partial charge in [-0.3, -0.25) is 9.79 Å². The van der Waals surface area contributed by atoms with Crippen molar-refractivity contribution in [1.82, 2.24) is 0 Å². The predicted octanol–water partition coefficient (Wildman–Crippen LogP) is 8.00. The van der Waals surface area contributed by atoms with E-state index in [0.29, 0.717) is 38.4 Å². The molecule has 0 bridgehead atoms. The van der Waals surface area contributed by atoms with Crippen molar-refractivity contribution in [2.24, 2.45) is 15.2 Å². The van der Waals surface area contributed by atoms with Gasteiger partial charge in [0.05, 0.1) is 22.7 Å². The van der Waals surface area contributed by atoms with E-state index in [1.807, 2.05) is 18.2 Å². The molecule has 0 saturated heterocycles. The van der Waals surface area contributed by atoms with E-state index < -0.39 is 0 Å². The van der Waals surface area contributed by atoms with Gasteiger partial charge in [0, 0.05) is 22.5 Å².